The molecule has 0 aromatic heterocycles. The first-order valence-electron chi connectivity index (χ1n) is 8.24. The molecule has 0 aliphatic rings. The fourth-order valence-corrected chi connectivity index (χ4v) is 2.89. The average Bonchev–Trinajstić information content (AvgIpc) is 2.54. The van der Waals surface area contributed by atoms with Gasteiger partial charge in [0.2, 0.25) is 0 Å². The molecule has 0 amide bonds. The minimum absolute atomic E-state index is 0.211. The Bertz CT molecular complexity index is 754. The zero-order chi connectivity index (χ0) is 19.5. The molecule has 0 radical (unpaired) electrons. The van der Waals surface area contributed by atoms with Crippen LogP contribution in [-0.2, 0) is 13.6 Å². The maximum absolute atomic E-state index is 13.1. The number of rotatable bonds is 6. The van der Waals surface area contributed by atoms with Crippen LogP contribution in [0.15, 0.2) is 48.5 Å². The molecule has 2 rings (SSSR count). The second-order valence-electron chi connectivity index (χ2n) is 6.77. The maximum atomic E-state index is 13.1. The Labute approximate surface area is 164 Å². The van der Waals surface area contributed by atoms with Crippen LogP contribution < -0.4 is 4.74 Å². The molecule has 2 aromatic rings. The number of carbonyl (C=O) groups excluding carboxylic acids is 1. The smallest absolute Gasteiger partial charge is 0.350 e. The van der Waals surface area contributed by atoms with Gasteiger partial charge in [0.15, 0.2) is 5.60 Å². The molecule has 0 spiro atoms. The summed E-state index contributed by atoms with van der Waals surface area (Å²) in [4.78, 5) is 12.1. The minimum atomic E-state index is -1.11. The second-order valence-corrected chi connectivity index (χ2v) is 8.46. The van der Waals surface area contributed by atoms with Crippen molar-refractivity contribution in [1.29, 1.82) is 0 Å². The molecule has 140 valence electrons. The Hall–Kier alpha value is -1.66. The molecule has 3 nitrogen and oxygen atoms in total. The summed E-state index contributed by atoms with van der Waals surface area (Å²) in [5, 5.41) is 0. The Morgan fingerprint density at radius 3 is 1.88 bits per heavy atom. The Balaban J connectivity index is 2.17. The van der Waals surface area contributed by atoms with E-state index in [0.29, 0.717) is 5.75 Å². The third kappa shape index (κ3) is 4.95. The SMILES string of the molecule is CC(C)OC(=O)C(C)(C)Oc1ccc(C(S)(S)c2ccc(F)cc2)cc1. The summed E-state index contributed by atoms with van der Waals surface area (Å²) in [6.45, 7) is 6.89. The molecular weight excluding hydrogens is 371 g/mol. The van der Waals surface area contributed by atoms with Crippen LogP contribution in [0.3, 0.4) is 0 Å². The monoisotopic (exact) mass is 394 g/mol. The van der Waals surface area contributed by atoms with E-state index in [1.54, 1.807) is 52.0 Å². The lowest BCUT2D eigenvalue weighted by Gasteiger charge is -2.27. The average molecular weight is 395 g/mol. The van der Waals surface area contributed by atoms with Gasteiger partial charge < -0.3 is 9.47 Å². The summed E-state index contributed by atoms with van der Waals surface area (Å²) in [5.74, 6) is -0.220. The van der Waals surface area contributed by atoms with Gasteiger partial charge >= 0.3 is 5.97 Å². The van der Waals surface area contributed by atoms with Gasteiger partial charge in [0.25, 0.3) is 0 Å². The van der Waals surface area contributed by atoms with E-state index in [1.807, 2.05) is 12.1 Å². The lowest BCUT2D eigenvalue weighted by atomic mass is 10.0. The summed E-state index contributed by atoms with van der Waals surface area (Å²) in [7, 11) is 0. The maximum Gasteiger partial charge on any atom is 0.350 e. The molecule has 0 aliphatic carbocycles. The van der Waals surface area contributed by atoms with Gasteiger partial charge in [-0.25, -0.2) is 9.18 Å². The van der Waals surface area contributed by atoms with Gasteiger partial charge in [0.1, 0.15) is 15.6 Å². The van der Waals surface area contributed by atoms with Crippen molar-refractivity contribution in [3.63, 3.8) is 0 Å². The van der Waals surface area contributed by atoms with E-state index in [0.717, 1.165) is 11.1 Å². The molecule has 0 unspecified atom stereocenters. The number of ether oxygens (including phenoxy) is 2. The van der Waals surface area contributed by atoms with Crippen LogP contribution >= 0.6 is 25.3 Å². The number of carbonyl (C=O) groups is 1. The molecule has 0 aliphatic heterocycles. The van der Waals surface area contributed by atoms with Crippen molar-refractivity contribution in [2.75, 3.05) is 0 Å². The first kappa shape index (κ1) is 20.6. The normalized spacial score (nSPS) is 12.2. The van der Waals surface area contributed by atoms with E-state index in [-0.39, 0.29) is 11.9 Å². The summed E-state index contributed by atoms with van der Waals surface area (Å²) in [6.07, 6.45) is -0.211. The first-order valence-corrected chi connectivity index (χ1v) is 9.13. The summed E-state index contributed by atoms with van der Waals surface area (Å²) in [5.41, 5.74) is 0.438. The van der Waals surface area contributed by atoms with Gasteiger partial charge in [-0.3, -0.25) is 0 Å². The molecule has 0 fully saturated rings. The van der Waals surface area contributed by atoms with Crippen LogP contribution in [0.25, 0.3) is 0 Å². The second kappa shape index (κ2) is 7.92. The Morgan fingerprint density at radius 2 is 1.42 bits per heavy atom. The van der Waals surface area contributed by atoms with Crippen molar-refractivity contribution >= 4 is 31.2 Å². The highest BCUT2D eigenvalue weighted by Crippen LogP contribution is 2.40. The standard InChI is InChI=1S/C20H23FO3S2/c1-13(2)23-18(22)19(3,4)24-17-11-7-15(8-12-17)20(25,26)14-5-9-16(21)10-6-14/h5-13,25-26H,1-4H3. The van der Waals surface area contributed by atoms with Crippen LogP contribution in [0.5, 0.6) is 5.75 Å². The highest BCUT2D eigenvalue weighted by atomic mass is 32.2. The highest BCUT2D eigenvalue weighted by molar-refractivity contribution is 8.00. The van der Waals surface area contributed by atoms with Gasteiger partial charge in [-0.1, -0.05) is 24.3 Å². The molecular formula is C20H23FO3S2. The molecule has 0 bridgehead atoms. The predicted octanol–water partition coefficient (Wildman–Crippen LogP) is 5.00. The summed E-state index contributed by atoms with van der Waals surface area (Å²) < 4.78 is 23.2. The number of hydrogen-bond donors (Lipinski definition) is 2. The molecule has 0 heterocycles. The molecule has 2 aromatic carbocycles. The van der Waals surface area contributed by atoms with Gasteiger partial charge in [-0.2, -0.15) is 25.3 Å². The fourth-order valence-electron chi connectivity index (χ4n) is 2.30. The topological polar surface area (TPSA) is 35.5 Å². The Kier molecular flexibility index (Phi) is 6.29. The number of esters is 1. The van der Waals surface area contributed by atoms with Gasteiger partial charge in [-0.15, -0.1) is 0 Å². The van der Waals surface area contributed by atoms with Gasteiger partial charge in [0.05, 0.1) is 6.10 Å². The van der Waals surface area contributed by atoms with Crippen molar-refractivity contribution in [3.05, 3.63) is 65.5 Å². The number of hydrogen-bond acceptors (Lipinski definition) is 5. The van der Waals surface area contributed by atoms with Crippen LogP contribution in [0.1, 0.15) is 38.8 Å². The minimum Gasteiger partial charge on any atom is -0.476 e. The van der Waals surface area contributed by atoms with Gasteiger partial charge in [0, 0.05) is 0 Å². The van der Waals surface area contributed by atoms with E-state index in [9.17, 15) is 9.18 Å². The van der Waals surface area contributed by atoms with Crippen LogP contribution in [-0.4, -0.2) is 17.7 Å². The van der Waals surface area contributed by atoms with E-state index in [2.05, 4.69) is 25.3 Å². The Morgan fingerprint density at radius 1 is 0.962 bits per heavy atom. The number of benzene rings is 2. The summed E-state index contributed by atoms with van der Waals surface area (Å²) in [6, 6.07) is 13.1. The zero-order valence-corrected chi connectivity index (χ0v) is 17.0. The number of thiol groups is 2. The molecule has 26 heavy (non-hydrogen) atoms. The molecule has 0 atom stereocenters. The van der Waals surface area contributed by atoms with E-state index < -0.39 is 15.6 Å². The number of halogens is 1. The highest BCUT2D eigenvalue weighted by Gasteiger charge is 2.33. The third-order valence-corrected chi connectivity index (χ3v) is 4.74. The van der Waals surface area contributed by atoms with Crippen LogP contribution in [0.4, 0.5) is 4.39 Å². The lowest BCUT2D eigenvalue weighted by Crippen LogP contribution is -2.40. The predicted molar refractivity (Wildman–Crippen MR) is 108 cm³/mol. The van der Waals surface area contributed by atoms with Crippen molar-refractivity contribution in [2.24, 2.45) is 0 Å². The molecule has 0 N–H and O–H groups in total. The first-order chi connectivity index (χ1) is 12.0. The van der Waals surface area contributed by atoms with Crippen LogP contribution in [0.2, 0.25) is 0 Å². The lowest BCUT2D eigenvalue weighted by molar-refractivity contribution is -0.163. The van der Waals surface area contributed by atoms with Crippen molar-refractivity contribution < 1.29 is 18.7 Å². The van der Waals surface area contributed by atoms with E-state index in [1.165, 1.54) is 12.1 Å². The zero-order valence-electron chi connectivity index (χ0n) is 15.2. The van der Waals surface area contributed by atoms with Gasteiger partial charge in [-0.05, 0) is 63.1 Å². The quantitative estimate of drug-likeness (QED) is 0.411. The molecule has 0 saturated carbocycles. The fraction of sp³-hybridized carbons (Fsp3) is 0.350. The molecule has 0 saturated heterocycles. The van der Waals surface area contributed by atoms with Crippen molar-refractivity contribution in [1.82, 2.24) is 0 Å². The van der Waals surface area contributed by atoms with Crippen LogP contribution in [0, 0.1) is 5.82 Å². The van der Waals surface area contributed by atoms with E-state index >= 15 is 0 Å². The largest absolute Gasteiger partial charge is 0.476 e. The van der Waals surface area contributed by atoms with Crippen molar-refractivity contribution in [2.45, 2.75) is 43.5 Å². The van der Waals surface area contributed by atoms with Crippen molar-refractivity contribution in [3.8, 4) is 5.75 Å². The third-order valence-electron chi connectivity index (χ3n) is 3.71. The van der Waals surface area contributed by atoms with E-state index in [4.69, 9.17) is 9.47 Å². The molecule has 6 heteroatoms. The summed E-state index contributed by atoms with van der Waals surface area (Å²) >= 11 is 9.24.